The van der Waals surface area contributed by atoms with Gasteiger partial charge in [-0.05, 0) is 13.0 Å². The molecule has 1 heterocycles. The van der Waals surface area contributed by atoms with Crippen LogP contribution in [0.1, 0.15) is 18.5 Å². The average Bonchev–Trinajstić information content (AvgIpc) is 2.33. The third kappa shape index (κ3) is 2.63. The highest BCUT2D eigenvalue weighted by molar-refractivity contribution is 5.26. The zero-order valence-electron chi connectivity index (χ0n) is 9.77. The first-order valence-electron chi connectivity index (χ1n) is 5.72. The van der Waals surface area contributed by atoms with Crippen LogP contribution in [0.15, 0.2) is 24.3 Å². The Balaban J connectivity index is 2.22. The maximum Gasteiger partial charge on any atom is 0.129 e. The molecule has 2 rings (SSSR count). The Kier molecular flexibility index (Phi) is 3.72. The van der Waals surface area contributed by atoms with Gasteiger partial charge in [-0.3, -0.25) is 4.90 Å². The molecular weight excluding hydrogens is 219 g/mol. The number of rotatable bonds is 2. The lowest BCUT2D eigenvalue weighted by molar-refractivity contribution is -0.0272. The molecule has 0 amide bonds. The lowest BCUT2D eigenvalue weighted by Crippen LogP contribution is -2.42. The molecule has 0 unspecified atom stereocenters. The molecule has 17 heavy (non-hydrogen) atoms. The van der Waals surface area contributed by atoms with Crippen LogP contribution >= 0.6 is 0 Å². The van der Waals surface area contributed by atoms with Crippen molar-refractivity contribution < 1.29 is 9.13 Å². The molecule has 1 aliphatic rings. The maximum atomic E-state index is 13.7. The second-order valence-electron chi connectivity index (χ2n) is 4.23. The van der Waals surface area contributed by atoms with Gasteiger partial charge in [0.05, 0.1) is 18.8 Å². The van der Waals surface area contributed by atoms with Crippen LogP contribution in [0.25, 0.3) is 0 Å². The van der Waals surface area contributed by atoms with Crippen LogP contribution in [-0.2, 0) is 4.74 Å². The Labute approximate surface area is 100 Å². The number of benzene rings is 1. The molecule has 1 aromatic carbocycles. The molecule has 0 saturated carbocycles. The molecule has 0 radical (unpaired) electrons. The summed E-state index contributed by atoms with van der Waals surface area (Å²) in [7, 11) is 0. The van der Waals surface area contributed by atoms with Crippen molar-refractivity contribution in [3.8, 4) is 6.07 Å². The van der Waals surface area contributed by atoms with E-state index in [4.69, 9.17) is 4.74 Å². The zero-order chi connectivity index (χ0) is 12.3. The van der Waals surface area contributed by atoms with Crippen LogP contribution < -0.4 is 0 Å². The molecule has 0 spiro atoms. The Morgan fingerprint density at radius 1 is 1.53 bits per heavy atom. The molecule has 1 fully saturated rings. The predicted octanol–water partition coefficient (Wildman–Crippen LogP) is 2.11. The fourth-order valence-corrected chi connectivity index (χ4v) is 2.12. The van der Waals surface area contributed by atoms with E-state index in [0.29, 0.717) is 25.3 Å². The van der Waals surface area contributed by atoms with E-state index in [9.17, 15) is 9.65 Å². The summed E-state index contributed by atoms with van der Waals surface area (Å²) in [6.07, 6.45) is 0.0892. The van der Waals surface area contributed by atoms with Gasteiger partial charge < -0.3 is 4.74 Å². The number of hydrogen-bond acceptors (Lipinski definition) is 3. The zero-order valence-corrected chi connectivity index (χ0v) is 9.77. The van der Waals surface area contributed by atoms with Gasteiger partial charge in [0.15, 0.2) is 0 Å². The quantitative estimate of drug-likeness (QED) is 0.786. The number of ether oxygens (including phenoxy) is 1. The highest BCUT2D eigenvalue weighted by Gasteiger charge is 2.26. The second-order valence-corrected chi connectivity index (χ2v) is 4.23. The first-order chi connectivity index (χ1) is 8.22. The van der Waals surface area contributed by atoms with E-state index in [-0.39, 0.29) is 11.9 Å². The van der Waals surface area contributed by atoms with E-state index in [1.54, 1.807) is 18.2 Å². The molecule has 1 aliphatic heterocycles. The standard InChI is InChI=1S/C13H15FN2O/c1-10-9-16(6-7-17-10)13(8-15)11-4-2-3-5-12(11)14/h2-5,10,13H,6-7,9H2,1H3/t10-,13-/m0/s1. The van der Waals surface area contributed by atoms with Crippen molar-refractivity contribution in [2.45, 2.75) is 19.1 Å². The molecule has 4 heteroatoms. The monoisotopic (exact) mass is 234 g/mol. The maximum absolute atomic E-state index is 13.7. The molecule has 0 bridgehead atoms. The average molecular weight is 234 g/mol. The van der Waals surface area contributed by atoms with Crippen molar-refractivity contribution in [2.75, 3.05) is 19.7 Å². The number of hydrogen-bond donors (Lipinski definition) is 0. The molecule has 0 N–H and O–H groups in total. The Morgan fingerprint density at radius 2 is 2.29 bits per heavy atom. The summed E-state index contributed by atoms with van der Waals surface area (Å²) in [5.41, 5.74) is 0.448. The largest absolute Gasteiger partial charge is 0.376 e. The van der Waals surface area contributed by atoms with Gasteiger partial charge in [-0.1, -0.05) is 18.2 Å². The number of nitrogens with zero attached hydrogens (tertiary/aromatic N) is 2. The first kappa shape index (κ1) is 12.0. The van der Waals surface area contributed by atoms with Gasteiger partial charge in [0, 0.05) is 18.7 Å². The van der Waals surface area contributed by atoms with Crippen LogP contribution in [0.4, 0.5) is 4.39 Å². The first-order valence-corrected chi connectivity index (χ1v) is 5.72. The lowest BCUT2D eigenvalue weighted by atomic mass is 10.0. The molecule has 0 aromatic heterocycles. The molecular formula is C13H15FN2O. The van der Waals surface area contributed by atoms with Crippen LogP contribution in [0.5, 0.6) is 0 Å². The predicted molar refractivity (Wildman–Crippen MR) is 61.7 cm³/mol. The number of halogens is 1. The molecule has 3 nitrogen and oxygen atoms in total. The van der Waals surface area contributed by atoms with Gasteiger partial charge in [0.1, 0.15) is 11.9 Å². The van der Waals surface area contributed by atoms with E-state index >= 15 is 0 Å². The van der Waals surface area contributed by atoms with Gasteiger partial charge in [0.2, 0.25) is 0 Å². The van der Waals surface area contributed by atoms with Gasteiger partial charge in [0.25, 0.3) is 0 Å². The van der Waals surface area contributed by atoms with E-state index < -0.39 is 6.04 Å². The molecule has 0 aliphatic carbocycles. The molecule has 1 aromatic rings. The third-order valence-corrected chi connectivity index (χ3v) is 2.96. The fourth-order valence-electron chi connectivity index (χ4n) is 2.12. The number of morpholine rings is 1. The molecule has 90 valence electrons. The van der Waals surface area contributed by atoms with E-state index in [0.717, 1.165) is 0 Å². The van der Waals surface area contributed by atoms with Crippen molar-refractivity contribution in [3.05, 3.63) is 35.6 Å². The summed E-state index contributed by atoms with van der Waals surface area (Å²) in [4.78, 5) is 1.96. The van der Waals surface area contributed by atoms with Crippen LogP contribution in [0, 0.1) is 17.1 Å². The van der Waals surface area contributed by atoms with E-state index in [1.807, 2.05) is 11.8 Å². The van der Waals surface area contributed by atoms with Gasteiger partial charge in [-0.15, -0.1) is 0 Å². The SMILES string of the molecule is C[C@H]1CN([C@@H](C#N)c2ccccc2F)CCO1. The van der Waals surface area contributed by atoms with Gasteiger partial charge in [-0.2, -0.15) is 5.26 Å². The van der Waals surface area contributed by atoms with Crippen molar-refractivity contribution in [1.82, 2.24) is 4.90 Å². The van der Waals surface area contributed by atoms with Gasteiger partial charge >= 0.3 is 0 Å². The van der Waals surface area contributed by atoms with Crippen LogP contribution in [0.3, 0.4) is 0 Å². The molecule has 2 atom stereocenters. The highest BCUT2D eigenvalue weighted by atomic mass is 19.1. The normalized spacial score (nSPS) is 23.0. The van der Waals surface area contributed by atoms with Crippen molar-refractivity contribution >= 4 is 0 Å². The van der Waals surface area contributed by atoms with E-state index in [1.165, 1.54) is 6.07 Å². The summed E-state index contributed by atoms with van der Waals surface area (Å²) in [5, 5.41) is 9.24. The Bertz CT molecular complexity index is 430. The van der Waals surface area contributed by atoms with Crippen LogP contribution in [0.2, 0.25) is 0 Å². The second kappa shape index (κ2) is 5.26. The third-order valence-electron chi connectivity index (χ3n) is 2.96. The van der Waals surface area contributed by atoms with Crippen LogP contribution in [-0.4, -0.2) is 30.7 Å². The highest BCUT2D eigenvalue weighted by Crippen LogP contribution is 2.24. The minimum Gasteiger partial charge on any atom is -0.376 e. The van der Waals surface area contributed by atoms with Crippen molar-refractivity contribution in [3.63, 3.8) is 0 Å². The Hall–Kier alpha value is -1.44. The minimum absolute atomic E-state index is 0.0892. The summed E-state index contributed by atoms with van der Waals surface area (Å²) < 4.78 is 19.1. The summed E-state index contributed by atoms with van der Waals surface area (Å²) in [5.74, 6) is -0.321. The summed E-state index contributed by atoms with van der Waals surface area (Å²) >= 11 is 0. The van der Waals surface area contributed by atoms with Crippen molar-refractivity contribution in [2.24, 2.45) is 0 Å². The molecule has 1 saturated heterocycles. The smallest absolute Gasteiger partial charge is 0.129 e. The van der Waals surface area contributed by atoms with Gasteiger partial charge in [-0.25, -0.2) is 4.39 Å². The summed E-state index contributed by atoms with van der Waals surface area (Å²) in [6.45, 7) is 3.87. The van der Waals surface area contributed by atoms with Crippen molar-refractivity contribution in [1.29, 1.82) is 5.26 Å². The number of nitriles is 1. The minimum atomic E-state index is -0.525. The fraction of sp³-hybridized carbons (Fsp3) is 0.462. The Morgan fingerprint density at radius 3 is 2.94 bits per heavy atom. The van der Waals surface area contributed by atoms with E-state index in [2.05, 4.69) is 6.07 Å². The topological polar surface area (TPSA) is 36.3 Å². The summed E-state index contributed by atoms with van der Waals surface area (Å²) in [6, 6.07) is 8.11. The lowest BCUT2D eigenvalue weighted by Gasteiger charge is -2.34.